The molecule has 0 spiro atoms. The molecule has 1 aliphatic rings. The van der Waals surface area contributed by atoms with E-state index in [2.05, 4.69) is 5.32 Å². The minimum absolute atomic E-state index is 0.00924. The van der Waals surface area contributed by atoms with E-state index < -0.39 is 0 Å². The number of hydrogen-bond donors (Lipinski definition) is 1. The van der Waals surface area contributed by atoms with Gasteiger partial charge in [0, 0.05) is 18.5 Å². The highest BCUT2D eigenvalue weighted by Gasteiger charge is 2.31. The molecule has 88 valence electrons. The van der Waals surface area contributed by atoms with Gasteiger partial charge < -0.3 is 10.1 Å². The molecule has 0 aliphatic carbocycles. The summed E-state index contributed by atoms with van der Waals surface area (Å²) in [5, 5.41) is 3.00. The van der Waals surface area contributed by atoms with Gasteiger partial charge in [0.05, 0.1) is 12.0 Å². The average molecular weight is 234 g/mol. The monoisotopic (exact) mass is 233 g/mol. The fourth-order valence-corrected chi connectivity index (χ4v) is 1.95. The van der Waals surface area contributed by atoms with Crippen LogP contribution >= 0.6 is 11.6 Å². The van der Waals surface area contributed by atoms with Crippen molar-refractivity contribution in [2.45, 2.75) is 39.3 Å². The van der Waals surface area contributed by atoms with Crippen molar-refractivity contribution >= 4 is 17.5 Å². The first-order chi connectivity index (χ1) is 7.06. The first-order valence-electron chi connectivity index (χ1n) is 5.54. The van der Waals surface area contributed by atoms with E-state index in [-0.39, 0.29) is 24.0 Å². The van der Waals surface area contributed by atoms with Crippen molar-refractivity contribution in [2.75, 3.05) is 12.5 Å². The van der Waals surface area contributed by atoms with Gasteiger partial charge in [0.2, 0.25) is 5.91 Å². The zero-order valence-corrected chi connectivity index (χ0v) is 10.4. The number of ether oxygens (including phenoxy) is 1. The number of carbonyl (C=O) groups is 1. The van der Waals surface area contributed by atoms with Gasteiger partial charge in [0.25, 0.3) is 0 Å². The van der Waals surface area contributed by atoms with Gasteiger partial charge in [-0.1, -0.05) is 6.92 Å². The molecule has 4 heteroatoms. The predicted octanol–water partition coefficient (Wildman–Crippen LogP) is 1.79. The maximum absolute atomic E-state index is 11.9. The molecular formula is C11H20ClNO2. The second kappa shape index (κ2) is 5.71. The Morgan fingerprint density at radius 1 is 1.60 bits per heavy atom. The van der Waals surface area contributed by atoms with Gasteiger partial charge in [-0.3, -0.25) is 4.79 Å². The molecule has 4 atom stereocenters. The quantitative estimate of drug-likeness (QED) is 0.752. The number of amides is 1. The SMILES string of the molecule is CC(CCl)C(C)NC(=O)C1CCOC1C. The highest BCUT2D eigenvalue weighted by atomic mass is 35.5. The van der Waals surface area contributed by atoms with E-state index >= 15 is 0 Å². The molecule has 0 aromatic rings. The van der Waals surface area contributed by atoms with Gasteiger partial charge in [0.15, 0.2) is 0 Å². The molecular weight excluding hydrogens is 214 g/mol. The van der Waals surface area contributed by atoms with Crippen molar-refractivity contribution in [3.8, 4) is 0 Å². The van der Waals surface area contributed by atoms with Crippen LogP contribution in [0.3, 0.4) is 0 Å². The predicted molar refractivity (Wildman–Crippen MR) is 61.0 cm³/mol. The zero-order valence-electron chi connectivity index (χ0n) is 9.63. The highest BCUT2D eigenvalue weighted by Crippen LogP contribution is 2.20. The first kappa shape index (κ1) is 12.8. The molecule has 0 aromatic carbocycles. The summed E-state index contributed by atoms with van der Waals surface area (Å²) in [4.78, 5) is 11.9. The van der Waals surface area contributed by atoms with Crippen molar-refractivity contribution in [1.82, 2.24) is 5.32 Å². The summed E-state index contributed by atoms with van der Waals surface area (Å²) in [5.74, 6) is 0.978. The molecule has 1 rings (SSSR count). The van der Waals surface area contributed by atoms with E-state index in [1.807, 2.05) is 20.8 Å². The Balaban J connectivity index is 2.41. The average Bonchev–Trinajstić information content (AvgIpc) is 2.63. The van der Waals surface area contributed by atoms with E-state index in [0.29, 0.717) is 18.4 Å². The van der Waals surface area contributed by atoms with E-state index in [1.165, 1.54) is 0 Å². The van der Waals surface area contributed by atoms with E-state index in [1.54, 1.807) is 0 Å². The smallest absolute Gasteiger partial charge is 0.226 e. The normalized spacial score (nSPS) is 29.9. The van der Waals surface area contributed by atoms with Crippen molar-refractivity contribution < 1.29 is 9.53 Å². The standard InChI is InChI=1S/C11H20ClNO2/c1-7(6-12)8(2)13-11(14)10-4-5-15-9(10)3/h7-10H,4-6H2,1-3H3,(H,13,14). The number of alkyl halides is 1. The van der Waals surface area contributed by atoms with Gasteiger partial charge in [0.1, 0.15) is 0 Å². The summed E-state index contributed by atoms with van der Waals surface area (Å²) < 4.78 is 5.37. The molecule has 0 saturated carbocycles. The largest absolute Gasteiger partial charge is 0.378 e. The third-order valence-corrected chi connectivity index (χ3v) is 3.67. The summed E-state index contributed by atoms with van der Waals surface area (Å²) in [7, 11) is 0. The van der Waals surface area contributed by atoms with Gasteiger partial charge in [-0.05, 0) is 26.2 Å². The molecule has 3 nitrogen and oxygen atoms in total. The van der Waals surface area contributed by atoms with Gasteiger partial charge in [-0.25, -0.2) is 0 Å². The molecule has 1 amide bonds. The van der Waals surface area contributed by atoms with Crippen LogP contribution in [0.2, 0.25) is 0 Å². The number of carbonyl (C=O) groups excluding carboxylic acids is 1. The van der Waals surface area contributed by atoms with Crippen LogP contribution in [0.5, 0.6) is 0 Å². The fourth-order valence-electron chi connectivity index (χ4n) is 1.68. The van der Waals surface area contributed by atoms with Crippen LogP contribution in [0, 0.1) is 11.8 Å². The lowest BCUT2D eigenvalue weighted by atomic mass is 9.99. The summed E-state index contributed by atoms with van der Waals surface area (Å²) in [6.45, 7) is 6.67. The molecule has 15 heavy (non-hydrogen) atoms. The summed E-state index contributed by atoms with van der Waals surface area (Å²) in [6.07, 6.45) is 0.873. The lowest BCUT2D eigenvalue weighted by Gasteiger charge is -2.22. The molecule has 1 fully saturated rings. The molecule has 4 unspecified atom stereocenters. The lowest BCUT2D eigenvalue weighted by Crippen LogP contribution is -2.42. The Hall–Kier alpha value is -0.280. The molecule has 1 saturated heterocycles. The van der Waals surface area contributed by atoms with E-state index in [4.69, 9.17) is 16.3 Å². The number of hydrogen-bond acceptors (Lipinski definition) is 2. The number of nitrogens with one attached hydrogen (secondary N) is 1. The molecule has 1 N–H and O–H groups in total. The zero-order chi connectivity index (χ0) is 11.4. The van der Waals surface area contributed by atoms with Crippen LogP contribution < -0.4 is 5.32 Å². The highest BCUT2D eigenvalue weighted by molar-refractivity contribution is 6.18. The van der Waals surface area contributed by atoms with Gasteiger partial charge in [-0.15, -0.1) is 11.6 Å². The fraction of sp³-hybridized carbons (Fsp3) is 0.909. The minimum atomic E-state index is 0.00924. The molecule has 1 aliphatic heterocycles. The maximum Gasteiger partial charge on any atom is 0.226 e. The Labute approximate surface area is 96.5 Å². The third kappa shape index (κ3) is 3.35. The first-order valence-corrected chi connectivity index (χ1v) is 6.07. The molecule has 0 aromatic heterocycles. The van der Waals surface area contributed by atoms with Crippen LogP contribution in [-0.4, -0.2) is 30.5 Å². The van der Waals surface area contributed by atoms with Crippen molar-refractivity contribution in [2.24, 2.45) is 11.8 Å². The number of halogens is 1. The Bertz CT molecular complexity index is 223. The van der Waals surface area contributed by atoms with E-state index in [9.17, 15) is 4.79 Å². The van der Waals surface area contributed by atoms with Crippen LogP contribution in [0.4, 0.5) is 0 Å². The second-order valence-electron chi connectivity index (χ2n) is 4.40. The second-order valence-corrected chi connectivity index (χ2v) is 4.71. The number of rotatable bonds is 4. The summed E-state index contributed by atoms with van der Waals surface area (Å²) >= 11 is 5.74. The molecule has 0 radical (unpaired) electrons. The van der Waals surface area contributed by atoms with Crippen LogP contribution in [0.1, 0.15) is 27.2 Å². The minimum Gasteiger partial charge on any atom is -0.378 e. The maximum atomic E-state index is 11.9. The summed E-state index contributed by atoms with van der Waals surface area (Å²) in [5.41, 5.74) is 0. The molecule has 1 heterocycles. The molecule has 0 bridgehead atoms. The van der Waals surface area contributed by atoms with Gasteiger partial charge in [-0.2, -0.15) is 0 Å². The van der Waals surface area contributed by atoms with Crippen molar-refractivity contribution in [1.29, 1.82) is 0 Å². The Morgan fingerprint density at radius 2 is 2.27 bits per heavy atom. The van der Waals surface area contributed by atoms with Crippen LogP contribution in [-0.2, 0) is 9.53 Å². The Kier molecular flexibility index (Phi) is 4.87. The summed E-state index contributed by atoms with van der Waals surface area (Å²) in [6, 6.07) is 0.128. The van der Waals surface area contributed by atoms with Crippen molar-refractivity contribution in [3.63, 3.8) is 0 Å². The van der Waals surface area contributed by atoms with Crippen LogP contribution in [0.15, 0.2) is 0 Å². The Morgan fingerprint density at radius 3 is 2.73 bits per heavy atom. The lowest BCUT2D eigenvalue weighted by molar-refractivity contribution is -0.127. The van der Waals surface area contributed by atoms with E-state index in [0.717, 1.165) is 6.42 Å². The topological polar surface area (TPSA) is 38.3 Å². The van der Waals surface area contributed by atoms with Crippen molar-refractivity contribution in [3.05, 3.63) is 0 Å². The van der Waals surface area contributed by atoms with Crippen LogP contribution in [0.25, 0.3) is 0 Å². The third-order valence-electron chi connectivity index (χ3n) is 3.18. The van der Waals surface area contributed by atoms with Gasteiger partial charge >= 0.3 is 0 Å².